The van der Waals surface area contributed by atoms with Crippen molar-refractivity contribution in [3.8, 4) is 0 Å². The molecule has 0 saturated heterocycles. The molecule has 0 unspecified atom stereocenters. The zero-order valence-electron chi connectivity index (χ0n) is 9.90. The van der Waals surface area contributed by atoms with Gasteiger partial charge in [-0.15, -0.1) is 0 Å². The molecule has 4 N–H and O–H groups in total. The predicted octanol–water partition coefficient (Wildman–Crippen LogP) is -0.754. The Bertz CT molecular complexity index is 231. The topological polar surface area (TPSA) is 95.7 Å². The van der Waals surface area contributed by atoms with Crippen molar-refractivity contribution in [3.63, 3.8) is 0 Å². The lowest BCUT2D eigenvalue weighted by molar-refractivity contribution is -0.138. The molecule has 0 bridgehead atoms. The Kier molecular flexibility index (Phi) is 7.49. The number of aliphatic carboxylic acids is 1. The Morgan fingerprint density at radius 3 is 2.56 bits per heavy atom. The first-order valence-corrected chi connectivity index (χ1v) is 5.33. The van der Waals surface area contributed by atoms with E-state index in [0.29, 0.717) is 32.4 Å². The molecule has 1 amide bonds. The number of carboxylic acids is 1. The van der Waals surface area contributed by atoms with Gasteiger partial charge in [-0.2, -0.15) is 0 Å². The zero-order valence-corrected chi connectivity index (χ0v) is 9.90. The quantitative estimate of drug-likeness (QED) is 0.478. The lowest BCUT2D eigenvalue weighted by Gasteiger charge is -2.10. The average Bonchev–Trinajstić information content (AvgIpc) is 2.20. The van der Waals surface area contributed by atoms with E-state index in [1.54, 1.807) is 0 Å². The van der Waals surface area contributed by atoms with Gasteiger partial charge in [0.1, 0.15) is 6.04 Å². The summed E-state index contributed by atoms with van der Waals surface area (Å²) in [5.41, 5.74) is 5.31. The molecule has 94 valence electrons. The summed E-state index contributed by atoms with van der Waals surface area (Å²) >= 11 is 0. The summed E-state index contributed by atoms with van der Waals surface area (Å²) in [6, 6.07) is -0.835. The van der Waals surface area contributed by atoms with Crippen molar-refractivity contribution in [2.45, 2.75) is 25.3 Å². The summed E-state index contributed by atoms with van der Waals surface area (Å²) in [5, 5.41) is 11.2. The molecule has 0 aromatic carbocycles. The second-order valence-electron chi connectivity index (χ2n) is 3.99. The molecule has 0 heterocycles. The van der Waals surface area contributed by atoms with E-state index in [1.165, 1.54) is 0 Å². The molecule has 0 aromatic heterocycles. The summed E-state index contributed by atoms with van der Waals surface area (Å²) in [5.74, 6) is -1.02. The molecule has 16 heavy (non-hydrogen) atoms. The van der Waals surface area contributed by atoms with Crippen LogP contribution in [0.2, 0.25) is 0 Å². The Hall–Kier alpha value is -1.14. The highest BCUT2D eigenvalue weighted by Gasteiger charge is 2.10. The van der Waals surface area contributed by atoms with Crippen LogP contribution in [-0.2, 0) is 9.59 Å². The minimum atomic E-state index is -1.00. The van der Waals surface area contributed by atoms with Crippen LogP contribution < -0.4 is 11.1 Å². The third kappa shape index (κ3) is 8.19. The van der Waals surface area contributed by atoms with Crippen LogP contribution in [0.15, 0.2) is 0 Å². The molecule has 6 heteroatoms. The predicted molar refractivity (Wildman–Crippen MR) is 61.0 cm³/mol. The molecule has 0 rings (SSSR count). The SMILES string of the molecule is CN(C)CCC(=O)NCCC[C@H](N)C(=O)O. The lowest BCUT2D eigenvalue weighted by Crippen LogP contribution is -2.32. The first-order valence-electron chi connectivity index (χ1n) is 5.33. The third-order valence-corrected chi connectivity index (χ3v) is 2.12. The second kappa shape index (κ2) is 8.06. The van der Waals surface area contributed by atoms with Crippen molar-refractivity contribution in [1.29, 1.82) is 0 Å². The number of hydrogen-bond acceptors (Lipinski definition) is 4. The Morgan fingerprint density at radius 2 is 2.06 bits per heavy atom. The Morgan fingerprint density at radius 1 is 1.44 bits per heavy atom. The minimum absolute atomic E-state index is 0.0161. The van der Waals surface area contributed by atoms with Gasteiger partial charge in [-0.05, 0) is 26.9 Å². The summed E-state index contributed by atoms with van der Waals surface area (Å²) in [7, 11) is 3.80. The van der Waals surface area contributed by atoms with Crippen molar-refractivity contribution >= 4 is 11.9 Å². The molecule has 0 fully saturated rings. The van der Waals surface area contributed by atoms with E-state index in [4.69, 9.17) is 10.8 Å². The van der Waals surface area contributed by atoms with Crippen LogP contribution in [0.3, 0.4) is 0 Å². The number of carbonyl (C=O) groups is 2. The normalized spacial score (nSPS) is 12.5. The number of nitrogens with two attached hydrogens (primary N) is 1. The largest absolute Gasteiger partial charge is 0.480 e. The van der Waals surface area contributed by atoms with Crippen molar-refractivity contribution in [1.82, 2.24) is 10.2 Å². The molecule has 0 aromatic rings. The molecule has 6 nitrogen and oxygen atoms in total. The molecule has 0 aliphatic carbocycles. The summed E-state index contributed by atoms with van der Waals surface area (Å²) < 4.78 is 0. The first-order chi connectivity index (χ1) is 7.43. The Labute approximate surface area is 95.8 Å². The third-order valence-electron chi connectivity index (χ3n) is 2.12. The van der Waals surface area contributed by atoms with Crippen molar-refractivity contribution in [2.24, 2.45) is 5.73 Å². The van der Waals surface area contributed by atoms with Gasteiger partial charge in [-0.1, -0.05) is 0 Å². The number of carbonyl (C=O) groups excluding carboxylic acids is 1. The van der Waals surface area contributed by atoms with E-state index in [1.807, 2.05) is 19.0 Å². The van der Waals surface area contributed by atoms with Crippen LogP contribution in [0.4, 0.5) is 0 Å². The van der Waals surface area contributed by atoms with E-state index in [9.17, 15) is 9.59 Å². The van der Waals surface area contributed by atoms with Gasteiger partial charge in [-0.25, -0.2) is 0 Å². The molecule has 1 atom stereocenters. The van der Waals surface area contributed by atoms with Gasteiger partial charge in [0.05, 0.1) is 0 Å². The van der Waals surface area contributed by atoms with Gasteiger partial charge in [0, 0.05) is 19.5 Å². The molecule has 0 aliphatic rings. The van der Waals surface area contributed by atoms with Crippen molar-refractivity contribution in [3.05, 3.63) is 0 Å². The lowest BCUT2D eigenvalue weighted by atomic mass is 10.2. The molecule has 0 spiro atoms. The van der Waals surface area contributed by atoms with E-state index in [0.717, 1.165) is 0 Å². The maximum atomic E-state index is 11.2. The smallest absolute Gasteiger partial charge is 0.320 e. The molecule has 0 saturated carbocycles. The van der Waals surface area contributed by atoms with Gasteiger partial charge in [-0.3, -0.25) is 9.59 Å². The van der Waals surface area contributed by atoms with Crippen molar-refractivity contribution < 1.29 is 14.7 Å². The molecular weight excluding hydrogens is 210 g/mol. The first kappa shape index (κ1) is 14.9. The van der Waals surface area contributed by atoms with Crippen LogP contribution in [0.25, 0.3) is 0 Å². The van der Waals surface area contributed by atoms with Crippen molar-refractivity contribution in [2.75, 3.05) is 27.2 Å². The van der Waals surface area contributed by atoms with Gasteiger partial charge < -0.3 is 21.1 Å². The number of nitrogens with zero attached hydrogens (tertiary/aromatic N) is 1. The second-order valence-corrected chi connectivity index (χ2v) is 3.99. The average molecular weight is 231 g/mol. The maximum Gasteiger partial charge on any atom is 0.320 e. The van der Waals surface area contributed by atoms with Gasteiger partial charge in [0.15, 0.2) is 0 Å². The van der Waals surface area contributed by atoms with E-state index >= 15 is 0 Å². The minimum Gasteiger partial charge on any atom is -0.480 e. The Balaban J connectivity index is 3.44. The monoisotopic (exact) mass is 231 g/mol. The summed E-state index contributed by atoms with van der Waals surface area (Å²) in [4.78, 5) is 23.6. The summed E-state index contributed by atoms with van der Waals surface area (Å²) in [6.07, 6.45) is 1.42. The number of rotatable bonds is 8. The fraction of sp³-hybridized carbons (Fsp3) is 0.800. The molecule has 0 aliphatic heterocycles. The standard InChI is InChI=1S/C10H21N3O3/c1-13(2)7-5-9(14)12-6-3-4-8(11)10(15)16/h8H,3-7,11H2,1-2H3,(H,12,14)(H,15,16)/t8-/m0/s1. The molecular formula is C10H21N3O3. The van der Waals surface area contributed by atoms with Gasteiger partial charge >= 0.3 is 5.97 Å². The highest BCUT2D eigenvalue weighted by molar-refractivity contribution is 5.76. The fourth-order valence-corrected chi connectivity index (χ4v) is 1.09. The number of carboxylic acid groups (broad SMARTS) is 1. The van der Waals surface area contributed by atoms with Crippen LogP contribution >= 0.6 is 0 Å². The van der Waals surface area contributed by atoms with Crippen LogP contribution in [0, 0.1) is 0 Å². The van der Waals surface area contributed by atoms with E-state index in [2.05, 4.69) is 5.32 Å². The maximum absolute atomic E-state index is 11.2. The van der Waals surface area contributed by atoms with Gasteiger partial charge in [0.25, 0.3) is 0 Å². The van der Waals surface area contributed by atoms with E-state index in [-0.39, 0.29) is 5.91 Å². The number of amides is 1. The van der Waals surface area contributed by atoms with Crippen LogP contribution in [-0.4, -0.2) is 55.1 Å². The van der Waals surface area contributed by atoms with Crippen LogP contribution in [0.5, 0.6) is 0 Å². The zero-order chi connectivity index (χ0) is 12.6. The highest BCUT2D eigenvalue weighted by Crippen LogP contribution is 1.93. The number of hydrogen-bond donors (Lipinski definition) is 3. The van der Waals surface area contributed by atoms with E-state index < -0.39 is 12.0 Å². The van der Waals surface area contributed by atoms with Crippen LogP contribution in [0.1, 0.15) is 19.3 Å². The highest BCUT2D eigenvalue weighted by atomic mass is 16.4. The molecule has 0 radical (unpaired) electrons. The number of nitrogens with one attached hydrogen (secondary N) is 1. The fourth-order valence-electron chi connectivity index (χ4n) is 1.09. The van der Waals surface area contributed by atoms with Gasteiger partial charge in [0.2, 0.25) is 5.91 Å². The summed E-state index contributed by atoms with van der Waals surface area (Å²) in [6.45, 7) is 1.19.